The largest absolute Gasteiger partial charge is 0.368 e. The molecular weight excluding hydrogens is 372 g/mol. The van der Waals surface area contributed by atoms with E-state index >= 15 is 0 Å². The molecule has 1 aromatic carbocycles. The molecule has 10 heteroatoms. The number of nitrogens with two attached hydrogens (primary N) is 1. The van der Waals surface area contributed by atoms with E-state index in [0.717, 1.165) is 37.1 Å². The maximum atomic E-state index is 11.3. The third-order valence-corrected chi connectivity index (χ3v) is 5.76. The van der Waals surface area contributed by atoms with E-state index in [4.69, 9.17) is 5.73 Å². The second-order valence-electron chi connectivity index (χ2n) is 7.75. The van der Waals surface area contributed by atoms with Gasteiger partial charge in [0.25, 0.3) is 5.69 Å². The Kier molecular flexibility index (Phi) is 4.45. The summed E-state index contributed by atoms with van der Waals surface area (Å²) in [6.45, 7) is 0.778. The zero-order valence-electron chi connectivity index (χ0n) is 16.4. The maximum Gasteiger partial charge on any atom is 0.269 e. The number of nitrogen functional groups attached to an aromatic ring is 1. The van der Waals surface area contributed by atoms with Gasteiger partial charge in [0.05, 0.1) is 17.0 Å². The van der Waals surface area contributed by atoms with Crippen LogP contribution in [0.2, 0.25) is 0 Å². The SMILES string of the molecule is CN(C)c1nc(N)nc([C@]2(C#N)Cc3cc([N+](=O)[O-])ccc3N3CCCC[C@H]32)n1. The van der Waals surface area contributed by atoms with Gasteiger partial charge in [-0.15, -0.1) is 0 Å². The van der Waals surface area contributed by atoms with Crippen molar-refractivity contribution in [2.45, 2.75) is 37.1 Å². The second kappa shape index (κ2) is 6.84. The number of non-ortho nitro benzene ring substituents is 1. The summed E-state index contributed by atoms with van der Waals surface area (Å²) < 4.78 is 0. The lowest BCUT2D eigenvalue weighted by atomic mass is 9.68. The molecule has 0 unspecified atom stereocenters. The van der Waals surface area contributed by atoms with Crippen LogP contribution in [0.15, 0.2) is 18.2 Å². The molecule has 29 heavy (non-hydrogen) atoms. The lowest BCUT2D eigenvalue weighted by Gasteiger charge is -2.49. The number of nitro groups is 1. The van der Waals surface area contributed by atoms with E-state index < -0.39 is 10.3 Å². The topological polar surface area (TPSA) is 138 Å². The number of nitrogens with zero attached hydrogens (tertiary/aromatic N) is 7. The second-order valence-corrected chi connectivity index (χ2v) is 7.75. The number of hydrogen-bond donors (Lipinski definition) is 1. The van der Waals surface area contributed by atoms with Crippen LogP contribution < -0.4 is 15.5 Å². The number of hydrogen-bond acceptors (Lipinski definition) is 9. The van der Waals surface area contributed by atoms with Crippen LogP contribution >= 0.6 is 0 Å². The van der Waals surface area contributed by atoms with Gasteiger partial charge in [0.2, 0.25) is 11.9 Å². The lowest BCUT2D eigenvalue weighted by Crippen LogP contribution is -2.57. The highest BCUT2D eigenvalue weighted by Gasteiger charge is 2.51. The minimum Gasteiger partial charge on any atom is -0.368 e. The Morgan fingerprint density at radius 2 is 2.14 bits per heavy atom. The Bertz CT molecular complexity index is 1020. The fourth-order valence-corrected chi connectivity index (χ4v) is 4.43. The predicted octanol–water partition coefficient (Wildman–Crippen LogP) is 1.80. The van der Waals surface area contributed by atoms with Crippen molar-refractivity contribution in [2.75, 3.05) is 36.2 Å². The molecule has 0 amide bonds. The van der Waals surface area contributed by atoms with E-state index in [-0.39, 0.29) is 24.1 Å². The Morgan fingerprint density at radius 3 is 2.83 bits per heavy atom. The Hall–Kier alpha value is -3.48. The number of aromatic nitrogens is 3. The van der Waals surface area contributed by atoms with Gasteiger partial charge in [-0.25, -0.2) is 0 Å². The first-order valence-electron chi connectivity index (χ1n) is 9.50. The summed E-state index contributed by atoms with van der Waals surface area (Å²) in [6, 6.07) is 7.22. The van der Waals surface area contributed by atoms with Crippen LogP contribution in [-0.4, -0.2) is 46.6 Å². The van der Waals surface area contributed by atoms with Gasteiger partial charge in [0.15, 0.2) is 5.82 Å². The number of fused-ring (bicyclic) bond motifs is 3. The maximum absolute atomic E-state index is 11.3. The van der Waals surface area contributed by atoms with Gasteiger partial charge in [-0.1, -0.05) is 0 Å². The first-order valence-corrected chi connectivity index (χ1v) is 9.50. The summed E-state index contributed by atoms with van der Waals surface area (Å²) in [6.07, 6.45) is 3.09. The van der Waals surface area contributed by atoms with Gasteiger partial charge in [-0.2, -0.15) is 20.2 Å². The highest BCUT2D eigenvalue weighted by molar-refractivity contribution is 5.64. The first-order chi connectivity index (χ1) is 13.9. The van der Waals surface area contributed by atoms with Crippen molar-refractivity contribution < 1.29 is 4.92 Å². The van der Waals surface area contributed by atoms with Crippen LogP contribution in [0, 0.1) is 21.4 Å². The number of benzene rings is 1. The molecule has 2 aliphatic heterocycles. The molecule has 150 valence electrons. The Balaban J connectivity index is 1.92. The molecule has 2 N–H and O–H groups in total. The average molecular weight is 394 g/mol. The highest BCUT2D eigenvalue weighted by Crippen LogP contribution is 2.46. The van der Waals surface area contributed by atoms with Crippen molar-refractivity contribution in [1.29, 1.82) is 5.26 Å². The van der Waals surface area contributed by atoms with Crippen molar-refractivity contribution in [1.82, 2.24) is 15.0 Å². The third kappa shape index (κ3) is 2.99. The van der Waals surface area contributed by atoms with Gasteiger partial charge >= 0.3 is 0 Å². The van der Waals surface area contributed by atoms with Gasteiger partial charge in [0, 0.05) is 44.9 Å². The average Bonchev–Trinajstić information content (AvgIpc) is 2.72. The van der Waals surface area contributed by atoms with Crippen LogP contribution in [0.3, 0.4) is 0 Å². The Morgan fingerprint density at radius 1 is 1.34 bits per heavy atom. The number of rotatable bonds is 3. The lowest BCUT2D eigenvalue weighted by molar-refractivity contribution is -0.384. The van der Waals surface area contributed by atoms with E-state index in [1.165, 1.54) is 6.07 Å². The van der Waals surface area contributed by atoms with Gasteiger partial charge in [-0.3, -0.25) is 10.1 Å². The van der Waals surface area contributed by atoms with E-state index in [0.29, 0.717) is 11.8 Å². The zero-order valence-corrected chi connectivity index (χ0v) is 16.4. The molecule has 1 fully saturated rings. The molecule has 3 heterocycles. The number of nitriles is 1. The van der Waals surface area contributed by atoms with Crippen LogP contribution in [0.25, 0.3) is 0 Å². The predicted molar refractivity (Wildman–Crippen MR) is 108 cm³/mol. The number of piperidine rings is 1. The van der Waals surface area contributed by atoms with Crippen LogP contribution in [-0.2, 0) is 11.8 Å². The van der Waals surface area contributed by atoms with Crippen molar-refractivity contribution in [2.24, 2.45) is 0 Å². The molecule has 0 spiro atoms. The van der Waals surface area contributed by atoms with E-state index in [9.17, 15) is 15.4 Å². The van der Waals surface area contributed by atoms with Gasteiger partial charge < -0.3 is 15.5 Å². The monoisotopic (exact) mass is 394 g/mol. The Labute approximate surface area is 168 Å². The molecule has 0 radical (unpaired) electrons. The fraction of sp³-hybridized carbons (Fsp3) is 0.474. The molecule has 4 rings (SSSR count). The van der Waals surface area contributed by atoms with Crippen molar-refractivity contribution in [3.63, 3.8) is 0 Å². The van der Waals surface area contributed by atoms with Gasteiger partial charge in [-0.05, 0) is 30.9 Å². The van der Waals surface area contributed by atoms with E-state index in [1.807, 2.05) is 0 Å². The number of anilines is 3. The summed E-state index contributed by atoms with van der Waals surface area (Å²) in [4.78, 5) is 27.9. The molecule has 10 nitrogen and oxygen atoms in total. The van der Waals surface area contributed by atoms with Gasteiger partial charge in [0.1, 0.15) is 5.41 Å². The van der Waals surface area contributed by atoms with Crippen molar-refractivity contribution in [3.05, 3.63) is 39.7 Å². The summed E-state index contributed by atoms with van der Waals surface area (Å²) in [5.41, 5.74) is 6.59. The molecule has 2 aromatic rings. The van der Waals surface area contributed by atoms with Crippen molar-refractivity contribution >= 4 is 23.3 Å². The minimum absolute atomic E-state index is 0.00944. The quantitative estimate of drug-likeness (QED) is 0.610. The number of nitro benzene ring substituents is 1. The third-order valence-electron chi connectivity index (χ3n) is 5.76. The summed E-state index contributed by atoms with van der Waals surface area (Å²) >= 11 is 0. The zero-order chi connectivity index (χ0) is 20.8. The van der Waals surface area contributed by atoms with E-state index in [1.54, 1.807) is 31.1 Å². The molecule has 0 aliphatic carbocycles. The molecule has 1 aromatic heterocycles. The molecule has 2 atom stereocenters. The smallest absolute Gasteiger partial charge is 0.269 e. The van der Waals surface area contributed by atoms with Crippen LogP contribution in [0.5, 0.6) is 0 Å². The summed E-state index contributed by atoms with van der Waals surface area (Å²) in [5.74, 6) is 0.764. The first kappa shape index (κ1) is 18.9. The molecule has 2 aliphatic rings. The summed E-state index contributed by atoms with van der Waals surface area (Å²) in [7, 11) is 3.59. The molecule has 0 bridgehead atoms. The van der Waals surface area contributed by atoms with Crippen LogP contribution in [0.4, 0.5) is 23.3 Å². The fourth-order valence-electron chi connectivity index (χ4n) is 4.43. The van der Waals surface area contributed by atoms with Crippen molar-refractivity contribution in [3.8, 4) is 6.07 Å². The van der Waals surface area contributed by atoms with Crippen LogP contribution in [0.1, 0.15) is 30.7 Å². The minimum atomic E-state index is -1.07. The molecular formula is C19H22N8O2. The standard InChI is InChI=1S/C19H22N8O2/c1-25(2)18-23-16(22-17(21)24-18)19(11-20)10-12-9-13(27(28)29)6-7-14(12)26-8-4-3-5-15(19)26/h6-7,9,15H,3-5,8,10H2,1-2H3,(H2,21,22,23,24)/t15-,19-/m0/s1. The molecule has 1 saturated heterocycles. The van der Waals surface area contributed by atoms with E-state index in [2.05, 4.69) is 25.9 Å². The summed E-state index contributed by atoms with van der Waals surface area (Å²) in [5, 5.41) is 21.7. The molecule has 0 saturated carbocycles. The highest BCUT2D eigenvalue weighted by atomic mass is 16.6. The normalized spacial score (nSPS) is 22.9.